The maximum Gasteiger partial charge on any atom is 0.248 e. The number of benzene rings is 1. The van der Waals surface area contributed by atoms with Crippen LogP contribution in [-0.4, -0.2) is 4.98 Å². The van der Waals surface area contributed by atoms with Crippen LogP contribution in [0.5, 0.6) is 0 Å². The molecule has 1 heterocycles. The molecule has 0 amide bonds. The first-order chi connectivity index (χ1) is 7.31. The lowest BCUT2D eigenvalue weighted by molar-refractivity contribution is 1.20. The highest BCUT2D eigenvalue weighted by Crippen LogP contribution is 2.21. The lowest BCUT2D eigenvalue weighted by Gasteiger charge is -2.06. The van der Waals surface area contributed by atoms with Crippen molar-refractivity contribution in [2.24, 2.45) is 0 Å². The zero-order chi connectivity index (χ0) is 10.7. The largest absolute Gasteiger partial charge is 0.322 e. The van der Waals surface area contributed by atoms with Crippen molar-refractivity contribution < 1.29 is 0 Å². The first-order valence-electron chi connectivity index (χ1n) is 4.65. The fraction of sp³-hybridized carbons (Fsp3) is 0.0833. The van der Waals surface area contributed by atoms with E-state index in [2.05, 4.69) is 20.9 Å². The van der Waals surface area contributed by atoms with Crippen LogP contribution in [0.15, 0.2) is 47.3 Å². The fourth-order valence-corrected chi connectivity index (χ4v) is 1.95. The van der Waals surface area contributed by atoms with Gasteiger partial charge in [-0.3, -0.25) is 4.79 Å². The number of pyridine rings is 1. The molecule has 15 heavy (non-hydrogen) atoms. The number of hydrogen-bond acceptors (Lipinski definition) is 1. The second-order valence-electron chi connectivity index (χ2n) is 3.22. The summed E-state index contributed by atoms with van der Waals surface area (Å²) in [5.41, 5.74) is 2.93. The third kappa shape index (κ3) is 2.18. The minimum Gasteiger partial charge on any atom is -0.322 e. The number of aromatic nitrogens is 1. The molecule has 0 spiro atoms. The van der Waals surface area contributed by atoms with Gasteiger partial charge < -0.3 is 4.98 Å². The number of alkyl halides is 1. The first kappa shape index (κ1) is 10.2. The van der Waals surface area contributed by atoms with E-state index in [-0.39, 0.29) is 5.56 Å². The Morgan fingerprint density at radius 1 is 1.07 bits per heavy atom. The third-order valence-corrected chi connectivity index (χ3v) is 2.82. The summed E-state index contributed by atoms with van der Waals surface area (Å²) in [7, 11) is 0. The average Bonchev–Trinajstić information content (AvgIpc) is 2.30. The van der Waals surface area contributed by atoms with Crippen LogP contribution in [0.25, 0.3) is 11.3 Å². The molecule has 2 nitrogen and oxygen atoms in total. The monoisotopic (exact) mass is 263 g/mol. The van der Waals surface area contributed by atoms with E-state index in [1.165, 1.54) is 0 Å². The number of rotatable bonds is 2. The van der Waals surface area contributed by atoms with E-state index in [4.69, 9.17) is 0 Å². The summed E-state index contributed by atoms with van der Waals surface area (Å²) in [6.07, 6.45) is 0. The normalized spacial score (nSPS) is 10.2. The third-order valence-electron chi connectivity index (χ3n) is 2.21. The van der Waals surface area contributed by atoms with E-state index in [0.717, 1.165) is 22.2 Å². The van der Waals surface area contributed by atoms with Gasteiger partial charge in [0.1, 0.15) is 0 Å². The number of halogens is 1. The molecule has 76 valence electrons. The maximum atomic E-state index is 11.3. The van der Waals surface area contributed by atoms with Gasteiger partial charge in [-0.1, -0.05) is 52.3 Å². The molecule has 3 heteroatoms. The predicted octanol–water partition coefficient (Wildman–Crippen LogP) is 2.94. The van der Waals surface area contributed by atoms with Gasteiger partial charge in [0, 0.05) is 11.4 Å². The summed E-state index contributed by atoms with van der Waals surface area (Å²) in [5.74, 6) is 0. The Balaban J connectivity index is 2.61. The molecule has 0 fully saturated rings. The van der Waals surface area contributed by atoms with Crippen LogP contribution in [0.1, 0.15) is 5.56 Å². The van der Waals surface area contributed by atoms with Crippen LogP contribution >= 0.6 is 15.9 Å². The highest BCUT2D eigenvalue weighted by atomic mass is 79.9. The highest BCUT2D eigenvalue weighted by Gasteiger charge is 2.03. The zero-order valence-electron chi connectivity index (χ0n) is 8.03. The summed E-state index contributed by atoms with van der Waals surface area (Å²) < 4.78 is 0. The van der Waals surface area contributed by atoms with Gasteiger partial charge >= 0.3 is 0 Å². The topological polar surface area (TPSA) is 32.9 Å². The van der Waals surface area contributed by atoms with Crippen molar-refractivity contribution in [1.82, 2.24) is 4.98 Å². The van der Waals surface area contributed by atoms with Crippen LogP contribution in [0.4, 0.5) is 0 Å². The minimum atomic E-state index is -0.0708. The number of nitrogens with one attached hydrogen (secondary N) is 1. The summed E-state index contributed by atoms with van der Waals surface area (Å²) in [6, 6.07) is 13.2. The molecule has 0 bridgehead atoms. The molecular weight excluding hydrogens is 254 g/mol. The Bertz CT molecular complexity index is 505. The predicted molar refractivity (Wildman–Crippen MR) is 65.1 cm³/mol. The van der Waals surface area contributed by atoms with Gasteiger partial charge in [-0.15, -0.1) is 0 Å². The van der Waals surface area contributed by atoms with E-state index in [0.29, 0.717) is 0 Å². The van der Waals surface area contributed by atoms with E-state index in [9.17, 15) is 4.79 Å². The van der Waals surface area contributed by atoms with Crippen LogP contribution < -0.4 is 5.56 Å². The van der Waals surface area contributed by atoms with Crippen LogP contribution in [0.3, 0.4) is 0 Å². The molecule has 1 aromatic carbocycles. The fourth-order valence-electron chi connectivity index (χ4n) is 1.48. The quantitative estimate of drug-likeness (QED) is 0.831. The molecule has 0 atom stereocenters. The number of hydrogen-bond donors (Lipinski definition) is 1. The van der Waals surface area contributed by atoms with Gasteiger partial charge in [-0.2, -0.15) is 0 Å². The summed E-state index contributed by atoms with van der Waals surface area (Å²) in [6.45, 7) is 0. The lowest BCUT2D eigenvalue weighted by Crippen LogP contribution is -2.06. The second-order valence-corrected chi connectivity index (χ2v) is 3.78. The van der Waals surface area contributed by atoms with Crippen molar-refractivity contribution in [2.75, 3.05) is 0 Å². The van der Waals surface area contributed by atoms with Gasteiger partial charge in [-0.25, -0.2) is 0 Å². The Hall–Kier alpha value is -1.35. The van der Waals surface area contributed by atoms with Gasteiger partial charge in [-0.05, 0) is 11.1 Å². The molecule has 0 radical (unpaired) electrons. The summed E-state index contributed by atoms with van der Waals surface area (Å²) >= 11 is 3.41. The summed E-state index contributed by atoms with van der Waals surface area (Å²) in [4.78, 5) is 14.1. The van der Waals surface area contributed by atoms with Crippen molar-refractivity contribution in [2.45, 2.75) is 5.33 Å². The molecule has 0 aliphatic rings. The molecule has 0 aliphatic carbocycles. The van der Waals surface area contributed by atoms with Crippen molar-refractivity contribution in [3.8, 4) is 11.3 Å². The van der Waals surface area contributed by atoms with Crippen molar-refractivity contribution in [3.63, 3.8) is 0 Å². The molecule has 2 rings (SSSR count). The molecule has 0 saturated heterocycles. The molecule has 1 N–H and O–H groups in total. The van der Waals surface area contributed by atoms with E-state index in [1.54, 1.807) is 6.07 Å². The smallest absolute Gasteiger partial charge is 0.248 e. The molecule has 2 aromatic rings. The van der Waals surface area contributed by atoms with Gasteiger partial charge in [0.2, 0.25) is 5.56 Å². The standard InChI is InChI=1S/C12H10BrNO/c13-8-10-6-7-11(15)14-12(10)9-4-2-1-3-5-9/h1-7H,8H2,(H,14,15). The van der Waals surface area contributed by atoms with Crippen LogP contribution in [-0.2, 0) is 5.33 Å². The molecule has 1 aromatic heterocycles. The maximum absolute atomic E-state index is 11.3. The van der Waals surface area contributed by atoms with Gasteiger partial charge in [0.25, 0.3) is 0 Å². The number of H-pyrrole nitrogens is 1. The van der Waals surface area contributed by atoms with Gasteiger partial charge in [0.15, 0.2) is 0 Å². The molecule has 0 aliphatic heterocycles. The number of aromatic amines is 1. The SMILES string of the molecule is O=c1ccc(CBr)c(-c2ccccc2)[nH]1. The Kier molecular flexibility index (Phi) is 3.02. The van der Waals surface area contributed by atoms with Crippen molar-refractivity contribution >= 4 is 15.9 Å². The molecule has 0 unspecified atom stereocenters. The highest BCUT2D eigenvalue weighted by molar-refractivity contribution is 9.08. The van der Waals surface area contributed by atoms with Crippen LogP contribution in [0.2, 0.25) is 0 Å². The van der Waals surface area contributed by atoms with Crippen molar-refractivity contribution in [3.05, 3.63) is 58.4 Å². The zero-order valence-corrected chi connectivity index (χ0v) is 9.62. The van der Waals surface area contributed by atoms with Crippen LogP contribution in [0, 0.1) is 0 Å². The molecule has 0 saturated carbocycles. The van der Waals surface area contributed by atoms with E-state index >= 15 is 0 Å². The second kappa shape index (κ2) is 4.45. The van der Waals surface area contributed by atoms with Crippen molar-refractivity contribution in [1.29, 1.82) is 0 Å². The molecular formula is C12H10BrNO. The summed E-state index contributed by atoms with van der Waals surface area (Å²) in [5, 5.41) is 0.730. The first-order valence-corrected chi connectivity index (χ1v) is 5.77. The average molecular weight is 264 g/mol. The Morgan fingerprint density at radius 3 is 2.47 bits per heavy atom. The Morgan fingerprint density at radius 2 is 1.80 bits per heavy atom. The lowest BCUT2D eigenvalue weighted by atomic mass is 10.1. The minimum absolute atomic E-state index is 0.0708. The van der Waals surface area contributed by atoms with E-state index < -0.39 is 0 Å². The van der Waals surface area contributed by atoms with Gasteiger partial charge in [0.05, 0.1) is 5.69 Å². The van der Waals surface area contributed by atoms with E-state index in [1.807, 2.05) is 36.4 Å². The Labute approximate surface area is 96.1 Å².